The molecule has 0 spiro atoms. The van der Waals surface area contributed by atoms with Crippen LogP contribution in [0.1, 0.15) is 208 Å². The largest absolute Gasteiger partial charge is 0.377 e. The van der Waals surface area contributed by atoms with Crippen LogP contribution in [-0.2, 0) is 14.2 Å². The van der Waals surface area contributed by atoms with Gasteiger partial charge in [-0.2, -0.15) is 0 Å². The van der Waals surface area contributed by atoms with E-state index in [2.05, 4.69) is 90.9 Å². The van der Waals surface area contributed by atoms with Crippen molar-refractivity contribution in [1.82, 2.24) is 4.90 Å². The van der Waals surface area contributed by atoms with Crippen LogP contribution in [0, 0.1) is 46.3 Å². The van der Waals surface area contributed by atoms with Crippen molar-refractivity contribution >= 4 is 0 Å². The minimum atomic E-state index is 0.297. The van der Waals surface area contributed by atoms with E-state index in [1.807, 2.05) is 0 Å². The summed E-state index contributed by atoms with van der Waals surface area (Å²) in [7, 11) is 4.32. The van der Waals surface area contributed by atoms with Gasteiger partial charge in [0, 0.05) is 6.54 Å². The van der Waals surface area contributed by atoms with Gasteiger partial charge in [-0.3, -0.25) is 0 Å². The van der Waals surface area contributed by atoms with Crippen molar-refractivity contribution in [2.45, 2.75) is 221 Å². The van der Waals surface area contributed by atoms with Crippen LogP contribution >= 0.6 is 0 Å². The third-order valence-electron chi connectivity index (χ3n) is 16.2. The smallest absolute Gasteiger partial charge is 0.0704 e. The highest BCUT2D eigenvalue weighted by molar-refractivity contribution is 5.25. The average Bonchev–Trinajstić information content (AvgIpc) is 3.57. The van der Waals surface area contributed by atoms with Gasteiger partial charge >= 0.3 is 0 Å². The van der Waals surface area contributed by atoms with Crippen LogP contribution in [0.5, 0.6) is 0 Å². The molecule has 9 atom stereocenters. The maximum atomic E-state index is 6.49. The van der Waals surface area contributed by atoms with Gasteiger partial charge in [-0.25, -0.2) is 0 Å². The second-order valence-electron chi connectivity index (χ2n) is 21.5. The van der Waals surface area contributed by atoms with Gasteiger partial charge in [0.25, 0.3) is 0 Å². The number of nitrogens with zero attached hydrogens (tertiary/aromatic N) is 1. The van der Waals surface area contributed by atoms with Crippen molar-refractivity contribution < 1.29 is 14.2 Å². The van der Waals surface area contributed by atoms with Crippen LogP contribution in [0.4, 0.5) is 0 Å². The molecule has 3 fully saturated rings. The van der Waals surface area contributed by atoms with Gasteiger partial charge in [-0.1, -0.05) is 155 Å². The Morgan fingerprint density at radius 2 is 1.41 bits per heavy atom. The summed E-state index contributed by atoms with van der Waals surface area (Å²) >= 11 is 0. The van der Waals surface area contributed by atoms with Crippen molar-refractivity contribution in [1.29, 1.82) is 0 Å². The molecule has 59 heavy (non-hydrogen) atoms. The molecule has 0 saturated heterocycles. The summed E-state index contributed by atoms with van der Waals surface area (Å²) in [6.45, 7) is 18.7. The highest BCUT2D eigenvalue weighted by atomic mass is 16.5. The molecule has 0 aromatic rings. The molecule has 4 rings (SSSR count). The molecule has 0 heterocycles. The number of fused-ring (bicyclic) bond motifs is 5. The molecule has 4 heteroatoms. The monoisotopic (exact) mass is 822 g/mol. The van der Waals surface area contributed by atoms with Crippen LogP contribution in [-0.4, -0.2) is 64.2 Å². The Morgan fingerprint density at radius 1 is 0.712 bits per heavy atom. The first kappa shape index (κ1) is 50.7. The van der Waals surface area contributed by atoms with Crippen molar-refractivity contribution in [3.8, 4) is 0 Å². The third-order valence-corrected chi connectivity index (χ3v) is 16.2. The molecule has 0 aromatic carbocycles. The lowest BCUT2D eigenvalue weighted by molar-refractivity contribution is -0.0701. The fourth-order valence-electron chi connectivity index (χ4n) is 12.8. The van der Waals surface area contributed by atoms with Crippen LogP contribution in [0.15, 0.2) is 36.0 Å². The normalized spacial score (nSPS) is 29.3. The van der Waals surface area contributed by atoms with Gasteiger partial charge in [-0.05, 0) is 150 Å². The maximum Gasteiger partial charge on any atom is 0.0704 e. The first-order valence-electron chi connectivity index (χ1n) is 26.0. The van der Waals surface area contributed by atoms with Crippen LogP contribution < -0.4 is 0 Å². The summed E-state index contributed by atoms with van der Waals surface area (Å²) in [5.41, 5.74) is 2.70. The average molecular weight is 822 g/mol. The quantitative estimate of drug-likeness (QED) is 0.0500. The van der Waals surface area contributed by atoms with E-state index in [0.717, 1.165) is 61.3 Å². The van der Waals surface area contributed by atoms with E-state index in [9.17, 15) is 0 Å². The fourth-order valence-corrected chi connectivity index (χ4v) is 12.8. The molecular weight excluding hydrogens is 723 g/mol. The Morgan fingerprint density at radius 3 is 2.12 bits per heavy atom. The Bertz CT molecular complexity index is 1190. The molecule has 342 valence electrons. The van der Waals surface area contributed by atoms with Crippen LogP contribution in [0.2, 0.25) is 0 Å². The van der Waals surface area contributed by atoms with E-state index >= 15 is 0 Å². The first-order valence-corrected chi connectivity index (χ1v) is 26.0. The van der Waals surface area contributed by atoms with E-state index in [1.165, 1.54) is 148 Å². The van der Waals surface area contributed by atoms with Gasteiger partial charge in [0.1, 0.15) is 0 Å². The van der Waals surface area contributed by atoms with Gasteiger partial charge in [0.05, 0.1) is 38.6 Å². The van der Waals surface area contributed by atoms with Gasteiger partial charge in [0.15, 0.2) is 0 Å². The van der Waals surface area contributed by atoms with Crippen LogP contribution in [0.3, 0.4) is 0 Å². The highest BCUT2D eigenvalue weighted by Gasteiger charge is 2.59. The van der Waals surface area contributed by atoms with E-state index in [1.54, 1.807) is 5.57 Å². The number of hydrogen-bond acceptors (Lipinski definition) is 4. The Hall–Kier alpha value is -0.940. The number of likely N-dealkylation sites (N-methyl/N-ethyl adjacent to an activating group) is 1. The SMILES string of the molecule is CCCCCC=CCC=CCCCCCCCCCCC(CN(C)C)OCCOCCOC1CCC2(C)C(=CCC3C2CCC2(C)C(C(C)CCCC(C)C)CCC32)C1. The lowest BCUT2D eigenvalue weighted by atomic mass is 9.47. The molecule has 9 unspecified atom stereocenters. The van der Waals surface area contributed by atoms with Crippen molar-refractivity contribution in [3.05, 3.63) is 36.0 Å². The van der Waals surface area contributed by atoms with Gasteiger partial charge in [-0.15, -0.1) is 0 Å². The molecule has 0 amide bonds. The predicted octanol–water partition coefficient (Wildman–Crippen LogP) is 15.4. The molecule has 0 radical (unpaired) electrons. The van der Waals surface area contributed by atoms with Crippen molar-refractivity contribution in [2.75, 3.05) is 47.1 Å². The Labute approximate surface area is 367 Å². The van der Waals surface area contributed by atoms with E-state index in [-0.39, 0.29) is 0 Å². The molecule has 3 saturated carbocycles. The minimum absolute atomic E-state index is 0.297. The first-order chi connectivity index (χ1) is 28.6. The van der Waals surface area contributed by atoms with Crippen LogP contribution in [0.25, 0.3) is 0 Å². The van der Waals surface area contributed by atoms with Gasteiger partial charge < -0.3 is 19.1 Å². The summed E-state index contributed by atoms with van der Waals surface area (Å²) in [5, 5.41) is 0. The van der Waals surface area contributed by atoms with Gasteiger partial charge in [0.2, 0.25) is 0 Å². The lowest BCUT2D eigenvalue weighted by Crippen LogP contribution is -2.51. The second-order valence-corrected chi connectivity index (χ2v) is 21.5. The number of rotatable bonds is 32. The highest BCUT2D eigenvalue weighted by Crippen LogP contribution is 2.67. The standard InChI is InChI=1S/C55H99NO3/c1-9-10-11-12-13-14-15-16-17-18-19-20-21-22-23-24-25-26-30-49(44-56(7)8)59-42-40-57-39-41-58-48-35-37-54(5)47(43-48)31-32-50-52-34-33-51(46(4)29-27-28-45(2)3)55(52,6)38-36-53(50)54/h13-14,16-17,31,45-46,48-53H,9-12,15,18-30,32-44H2,1-8H3. The zero-order chi connectivity index (χ0) is 42.4. The Kier molecular flexibility index (Phi) is 24.0. The minimum Gasteiger partial charge on any atom is -0.377 e. The number of hydrogen-bond donors (Lipinski definition) is 0. The summed E-state index contributed by atoms with van der Waals surface area (Å²) in [4.78, 5) is 2.27. The number of allylic oxidation sites excluding steroid dienone is 5. The summed E-state index contributed by atoms with van der Waals surface area (Å²) < 4.78 is 18.9. The van der Waals surface area contributed by atoms with E-state index in [0.29, 0.717) is 49.5 Å². The topological polar surface area (TPSA) is 30.9 Å². The molecule has 0 bridgehead atoms. The fraction of sp³-hybridized carbons (Fsp3) is 0.891. The zero-order valence-electron chi connectivity index (χ0n) is 40.6. The van der Waals surface area contributed by atoms with Crippen molar-refractivity contribution in [2.24, 2.45) is 46.3 Å². The molecule has 0 N–H and O–H groups in total. The zero-order valence-corrected chi connectivity index (χ0v) is 40.6. The maximum absolute atomic E-state index is 6.49. The Balaban J connectivity index is 1.02. The molecule has 4 aliphatic carbocycles. The molecule has 4 nitrogen and oxygen atoms in total. The predicted molar refractivity (Wildman–Crippen MR) is 255 cm³/mol. The molecule has 0 aromatic heterocycles. The molecule has 0 aliphatic heterocycles. The number of unbranched alkanes of at least 4 members (excludes halogenated alkanes) is 11. The second kappa shape index (κ2) is 28.0. The third kappa shape index (κ3) is 16.9. The molecule has 4 aliphatic rings. The van der Waals surface area contributed by atoms with E-state index < -0.39 is 0 Å². The summed E-state index contributed by atoms with van der Waals surface area (Å²) in [5.74, 6) is 5.40. The molecular formula is C55H99NO3. The summed E-state index contributed by atoms with van der Waals surface area (Å²) in [6, 6.07) is 0. The summed E-state index contributed by atoms with van der Waals surface area (Å²) in [6.07, 6.45) is 47.5. The van der Waals surface area contributed by atoms with E-state index in [4.69, 9.17) is 14.2 Å². The lowest BCUT2D eigenvalue weighted by Gasteiger charge is -2.58. The van der Waals surface area contributed by atoms with Crippen molar-refractivity contribution in [3.63, 3.8) is 0 Å². The number of ether oxygens (including phenoxy) is 3.